The maximum atomic E-state index is 13.0. The lowest BCUT2D eigenvalue weighted by Crippen LogP contribution is -2.54. The third-order valence-corrected chi connectivity index (χ3v) is 6.66. The van der Waals surface area contributed by atoms with Crippen molar-refractivity contribution in [2.45, 2.75) is 45.1 Å². The average Bonchev–Trinajstić information content (AvgIpc) is 3.07. The van der Waals surface area contributed by atoms with E-state index in [0.29, 0.717) is 30.0 Å². The summed E-state index contributed by atoms with van der Waals surface area (Å²) >= 11 is 0. The molecule has 5 amide bonds. The molecule has 9 nitrogen and oxygen atoms in total. The Morgan fingerprint density at radius 1 is 1.03 bits per heavy atom. The topological polar surface area (TPSA) is 117 Å². The number of hydrogen-bond acceptors (Lipinski definition) is 5. The van der Waals surface area contributed by atoms with E-state index in [1.165, 1.54) is 0 Å². The van der Waals surface area contributed by atoms with Gasteiger partial charge < -0.3 is 20.7 Å². The van der Waals surface area contributed by atoms with Crippen LogP contribution in [0.4, 0.5) is 16.2 Å². The Balaban J connectivity index is 1.33. The third kappa shape index (κ3) is 5.13. The number of urea groups is 1. The van der Waals surface area contributed by atoms with Gasteiger partial charge in [-0.15, -0.1) is 0 Å². The van der Waals surface area contributed by atoms with Crippen molar-refractivity contribution in [2.75, 3.05) is 23.8 Å². The van der Waals surface area contributed by atoms with Crippen LogP contribution in [0.2, 0.25) is 0 Å². The molecule has 1 spiro atoms. The van der Waals surface area contributed by atoms with Gasteiger partial charge in [-0.25, -0.2) is 4.79 Å². The molecule has 2 unspecified atom stereocenters. The minimum absolute atomic E-state index is 0.0297. The van der Waals surface area contributed by atoms with Crippen molar-refractivity contribution in [3.8, 4) is 5.75 Å². The molecule has 0 aromatic heterocycles. The van der Waals surface area contributed by atoms with Crippen molar-refractivity contribution < 1.29 is 23.9 Å². The number of anilines is 2. The maximum Gasteiger partial charge on any atom is 0.325 e. The summed E-state index contributed by atoms with van der Waals surface area (Å²) in [5.74, 6) is -0.353. The highest BCUT2D eigenvalue weighted by molar-refractivity contribution is 6.10. The summed E-state index contributed by atoms with van der Waals surface area (Å²) in [5.41, 5.74) is 0.614. The van der Waals surface area contributed by atoms with Crippen LogP contribution in [-0.2, 0) is 9.59 Å². The second-order valence-electron chi connectivity index (χ2n) is 8.98. The standard InChI is InChI=1S/C26H30N4O5/c1-3-35-21-13-11-20(12-14-21)28-23(32)18-7-9-19(10-8-18)27-22(31)16-30-24(33)26(29-25(30)34)15-5-4-6-17(26)2/h7-14,17H,3-6,15-16H2,1-2H3,(H,27,31)(H,28,32)(H,29,34). The molecule has 9 heteroatoms. The summed E-state index contributed by atoms with van der Waals surface area (Å²) in [4.78, 5) is 51.6. The highest BCUT2D eigenvalue weighted by Crippen LogP contribution is 2.38. The summed E-state index contributed by atoms with van der Waals surface area (Å²) < 4.78 is 5.39. The second kappa shape index (κ2) is 10.2. The van der Waals surface area contributed by atoms with Crippen molar-refractivity contribution in [3.63, 3.8) is 0 Å². The molecule has 0 bridgehead atoms. The van der Waals surface area contributed by atoms with Gasteiger partial charge in [0.25, 0.3) is 11.8 Å². The normalized spacial score (nSPS) is 21.5. The van der Waals surface area contributed by atoms with E-state index in [2.05, 4.69) is 16.0 Å². The zero-order valence-electron chi connectivity index (χ0n) is 19.9. The van der Waals surface area contributed by atoms with Gasteiger partial charge in [-0.2, -0.15) is 0 Å². The van der Waals surface area contributed by atoms with Crippen LogP contribution in [0.15, 0.2) is 48.5 Å². The van der Waals surface area contributed by atoms with Gasteiger partial charge >= 0.3 is 6.03 Å². The van der Waals surface area contributed by atoms with Crippen molar-refractivity contribution in [1.82, 2.24) is 10.2 Å². The van der Waals surface area contributed by atoms with E-state index in [1.54, 1.807) is 48.5 Å². The molecule has 4 rings (SSSR count). The minimum Gasteiger partial charge on any atom is -0.494 e. The monoisotopic (exact) mass is 478 g/mol. The Kier molecular flexibility index (Phi) is 7.04. The summed E-state index contributed by atoms with van der Waals surface area (Å²) in [5, 5.41) is 8.34. The summed E-state index contributed by atoms with van der Waals surface area (Å²) in [6.45, 7) is 4.07. The Bertz CT molecular complexity index is 1120. The van der Waals surface area contributed by atoms with Crippen molar-refractivity contribution in [1.29, 1.82) is 0 Å². The SMILES string of the molecule is CCOc1ccc(NC(=O)c2ccc(NC(=O)CN3C(=O)NC4(CCCCC4C)C3=O)cc2)cc1. The van der Waals surface area contributed by atoms with Crippen LogP contribution < -0.4 is 20.7 Å². The van der Waals surface area contributed by atoms with Crippen LogP contribution >= 0.6 is 0 Å². The van der Waals surface area contributed by atoms with E-state index in [9.17, 15) is 19.2 Å². The first-order valence-corrected chi connectivity index (χ1v) is 11.9. The average molecular weight is 479 g/mol. The molecule has 0 radical (unpaired) electrons. The van der Waals surface area contributed by atoms with Crippen LogP contribution in [0, 0.1) is 5.92 Å². The van der Waals surface area contributed by atoms with Gasteiger partial charge in [-0.3, -0.25) is 19.3 Å². The summed E-state index contributed by atoms with van der Waals surface area (Å²) in [6.07, 6.45) is 3.36. The first kappa shape index (κ1) is 24.3. The molecular formula is C26H30N4O5. The van der Waals surface area contributed by atoms with Gasteiger partial charge in [0.1, 0.15) is 17.8 Å². The lowest BCUT2D eigenvalue weighted by Gasteiger charge is -2.36. The number of benzene rings is 2. The summed E-state index contributed by atoms with van der Waals surface area (Å²) in [7, 11) is 0. The number of rotatable bonds is 7. The molecule has 1 aliphatic carbocycles. The Morgan fingerprint density at radius 2 is 1.69 bits per heavy atom. The van der Waals surface area contributed by atoms with E-state index in [-0.39, 0.29) is 24.3 Å². The predicted octanol–water partition coefficient (Wildman–Crippen LogP) is 3.78. The molecule has 2 aliphatic rings. The van der Waals surface area contributed by atoms with Gasteiger partial charge in [0.05, 0.1) is 6.61 Å². The number of carbonyl (C=O) groups is 4. The Labute approximate surface area is 204 Å². The van der Waals surface area contributed by atoms with E-state index in [1.807, 2.05) is 13.8 Å². The fourth-order valence-corrected chi connectivity index (χ4v) is 4.69. The second-order valence-corrected chi connectivity index (χ2v) is 8.98. The highest BCUT2D eigenvalue weighted by Gasteiger charge is 2.55. The summed E-state index contributed by atoms with van der Waals surface area (Å²) in [6, 6.07) is 12.9. The van der Waals surface area contributed by atoms with Crippen molar-refractivity contribution >= 4 is 35.1 Å². The smallest absolute Gasteiger partial charge is 0.325 e. The van der Waals surface area contributed by atoms with E-state index < -0.39 is 17.5 Å². The van der Waals surface area contributed by atoms with E-state index in [4.69, 9.17) is 4.74 Å². The quantitative estimate of drug-likeness (QED) is 0.524. The minimum atomic E-state index is -0.895. The van der Waals surface area contributed by atoms with Gasteiger partial charge in [-0.05, 0) is 74.2 Å². The first-order valence-electron chi connectivity index (χ1n) is 11.9. The largest absolute Gasteiger partial charge is 0.494 e. The molecule has 2 aromatic carbocycles. The van der Waals surface area contributed by atoms with Gasteiger partial charge in [0.15, 0.2) is 0 Å². The van der Waals surface area contributed by atoms with Crippen LogP contribution in [0.3, 0.4) is 0 Å². The zero-order valence-corrected chi connectivity index (χ0v) is 19.9. The number of amides is 5. The molecule has 35 heavy (non-hydrogen) atoms. The molecule has 2 aromatic rings. The number of hydrogen-bond donors (Lipinski definition) is 3. The van der Waals surface area contributed by atoms with Gasteiger partial charge in [0, 0.05) is 16.9 Å². The molecule has 2 atom stereocenters. The molecule has 1 heterocycles. The molecule has 184 valence electrons. The van der Waals surface area contributed by atoms with Gasteiger partial charge in [0.2, 0.25) is 5.91 Å². The van der Waals surface area contributed by atoms with E-state index in [0.717, 1.165) is 29.9 Å². The lowest BCUT2D eigenvalue weighted by molar-refractivity contribution is -0.136. The third-order valence-electron chi connectivity index (χ3n) is 6.66. The number of nitrogens with zero attached hydrogens (tertiary/aromatic N) is 1. The van der Waals surface area contributed by atoms with Crippen molar-refractivity contribution in [2.24, 2.45) is 5.92 Å². The zero-order chi connectivity index (χ0) is 25.0. The molecule has 2 fully saturated rings. The van der Waals surface area contributed by atoms with Crippen LogP contribution in [0.5, 0.6) is 5.75 Å². The predicted molar refractivity (Wildman–Crippen MR) is 131 cm³/mol. The van der Waals surface area contributed by atoms with Crippen LogP contribution in [0.25, 0.3) is 0 Å². The molecule has 1 saturated carbocycles. The number of ether oxygens (including phenoxy) is 1. The number of imide groups is 1. The van der Waals surface area contributed by atoms with Gasteiger partial charge in [-0.1, -0.05) is 19.8 Å². The molecule has 1 aliphatic heterocycles. The Hall–Kier alpha value is -3.88. The van der Waals surface area contributed by atoms with E-state index >= 15 is 0 Å². The van der Waals surface area contributed by atoms with Crippen LogP contribution in [0.1, 0.15) is 49.9 Å². The lowest BCUT2D eigenvalue weighted by atomic mass is 9.73. The molecular weight excluding hydrogens is 448 g/mol. The molecule has 1 saturated heterocycles. The molecule has 3 N–H and O–H groups in total. The first-order chi connectivity index (χ1) is 16.8. The number of carbonyl (C=O) groups excluding carboxylic acids is 4. The van der Waals surface area contributed by atoms with Crippen molar-refractivity contribution in [3.05, 3.63) is 54.1 Å². The highest BCUT2D eigenvalue weighted by atomic mass is 16.5. The fraction of sp³-hybridized carbons (Fsp3) is 0.385. The number of nitrogens with one attached hydrogen (secondary N) is 3. The van der Waals surface area contributed by atoms with Crippen LogP contribution in [-0.4, -0.2) is 47.3 Å². The fourth-order valence-electron chi connectivity index (χ4n) is 4.69. The Morgan fingerprint density at radius 3 is 2.34 bits per heavy atom. The maximum absolute atomic E-state index is 13.0.